The smallest absolute Gasteiger partial charge is 0.321 e. The fourth-order valence-corrected chi connectivity index (χ4v) is 7.47. The van der Waals surface area contributed by atoms with Crippen molar-refractivity contribution in [3.05, 3.63) is 68.8 Å². The minimum absolute atomic E-state index is 0.299. The number of hydrogen-bond acceptors (Lipinski definition) is 15. The van der Waals surface area contributed by atoms with E-state index in [2.05, 4.69) is 0 Å². The molecule has 0 aliphatic carbocycles. The summed E-state index contributed by atoms with van der Waals surface area (Å²) in [5.74, 6) is -2.61. The van der Waals surface area contributed by atoms with Gasteiger partial charge in [0, 0.05) is 50.4 Å². The minimum atomic E-state index is -4.53. The van der Waals surface area contributed by atoms with Gasteiger partial charge in [-0.1, -0.05) is 0 Å². The van der Waals surface area contributed by atoms with Crippen LogP contribution in [0.25, 0.3) is 0 Å². The molecule has 0 unspecified atom stereocenters. The van der Waals surface area contributed by atoms with Gasteiger partial charge in [0.25, 0.3) is 11.4 Å². The summed E-state index contributed by atoms with van der Waals surface area (Å²) in [4.78, 5) is 60.5. The van der Waals surface area contributed by atoms with Crippen molar-refractivity contribution in [3.8, 4) is 0 Å². The number of sulfonamides is 2. The van der Waals surface area contributed by atoms with Gasteiger partial charge in [-0.3, -0.25) is 39.5 Å². The first-order chi connectivity index (χ1) is 25.0. The van der Waals surface area contributed by atoms with Gasteiger partial charge in [0.2, 0.25) is 20.0 Å². The molecule has 306 valence electrons. The zero-order valence-corrected chi connectivity index (χ0v) is 34.0. The first-order valence-electron chi connectivity index (χ1n) is 16.9. The topological polar surface area (TPSA) is 243 Å². The van der Waals surface area contributed by atoms with Gasteiger partial charge in [0.1, 0.15) is 29.9 Å². The monoisotopic (exact) mass is 815 g/mol. The van der Waals surface area contributed by atoms with E-state index in [0.717, 1.165) is 57.1 Å². The number of benzene rings is 2. The molecule has 0 atom stereocenters. The number of hydrogen-bond donors (Lipinski definition) is 0. The Morgan fingerprint density at radius 3 is 1.05 bits per heavy atom. The van der Waals surface area contributed by atoms with E-state index in [9.17, 15) is 51.4 Å². The van der Waals surface area contributed by atoms with E-state index in [1.807, 2.05) is 0 Å². The van der Waals surface area contributed by atoms with Crippen LogP contribution in [0.2, 0.25) is 0 Å². The Balaban J connectivity index is 2.55. The van der Waals surface area contributed by atoms with Crippen LogP contribution in [0.15, 0.2) is 58.3 Å². The molecule has 19 nitrogen and oxygen atoms in total. The van der Waals surface area contributed by atoms with Crippen LogP contribution in [-0.4, -0.2) is 121 Å². The largest absolute Gasteiger partial charge is 0.459 e. The first kappa shape index (κ1) is 46.6. The fraction of sp³-hybridized carbons (Fsp3) is 0.559. The summed E-state index contributed by atoms with van der Waals surface area (Å²) in [6.45, 7) is 10.7. The number of nitro benzene ring substituents is 2. The molecule has 55 heavy (non-hydrogen) atoms. The Morgan fingerprint density at radius 1 is 0.527 bits per heavy atom. The lowest BCUT2D eigenvalue weighted by atomic mass is 10.2. The molecule has 0 saturated carbocycles. The Kier molecular flexibility index (Phi) is 15.6. The summed E-state index contributed by atoms with van der Waals surface area (Å²) in [6, 6.07) is 7.96. The third-order valence-corrected chi connectivity index (χ3v) is 10.6. The van der Waals surface area contributed by atoms with Gasteiger partial charge in [-0.25, -0.2) is 16.8 Å². The predicted molar refractivity (Wildman–Crippen MR) is 198 cm³/mol. The Hall–Kier alpha value is -4.57. The van der Waals surface area contributed by atoms with Crippen molar-refractivity contribution in [2.45, 2.75) is 88.9 Å². The molecule has 0 spiro atoms. The minimum Gasteiger partial charge on any atom is -0.459 e. The maximum Gasteiger partial charge on any atom is 0.321 e. The number of rotatable bonds is 18. The van der Waals surface area contributed by atoms with Gasteiger partial charge in [-0.2, -0.15) is 8.61 Å². The van der Waals surface area contributed by atoms with E-state index in [1.165, 1.54) is 4.90 Å². The Bertz CT molecular complexity index is 1790. The zero-order chi connectivity index (χ0) is 42.2. The van der Waals surface area contributed by atoms with Crippen LogP contribution in [-0.2, 0) is 48.6 Å². The number of nitrogens with zero attached hydrogens (tertiary/aromatic N) is 5. The van der Waals surface area contributed by atoms with Crippen molar-refractivity contribution in [2.75, 3.05) is 45.8 Å². The summed E-state index contributed by atoms with van der Waals surface area (Å²) in [7, 11) is -9.06. The summed E-state index contributed by atoms with van der Waals surface area (Å²) in [5.41, 5.74) is -3.67. The SMILES string of the molecule is CC(C)(C)OC(=O)CN(CCN(CC(=O)OC(C)(C)C)S(=O)(=O)c1ccc([N+](=O)[O-])cc1)CCN(CC(=O)OC(C)(C)C)S(=O)(=O)c1ccc([N+](=O)[O-])cc1. The van der Waals surface area contributed by atoms with Crippen LogP contribution in [0.4, 0.5) is 11.4 Å². The van der Waals surface area contributed by atoms with Crippen LogP contribution in [0.3, 0.4) is 0 Å². The molecule has 0 bridgehead atoms. The Labute approximate surface area is 320 Å². The summed E-state index contributed by atoms with van der Waals surface area (Å²) in [5, 5.41) is 22.4. The first-order valence-corrected chi connectivity index (χ1v) is 19.8. The number of nitro groups is 2. The van der Waals surface area contributed by atoms with Crippen LogP contribution in [0, 0.1) is 20.2 Å². The van der Waals surface area contributed by atoms with Gasteiger partial charge < -0.3 is 14.2 Å². The van der Waals surface area contributed by atoms with E-state index in [1.54, 1.807) is 62.3 Å². The fourth-order valence-electron chi connectivity index (χ4n) is 4.71. The number of carbonyl (C=O) groups is 3. The molecule has 2 rings (SSSR count). The van der Waals surface area contributed by atoms with Crippen molar-refractivity contribution in [2.24, 2.45) is 0 Å². The van der Waals surface area contributed by atoms with Crippen LogP contribution in [0.1, 0.15) is 62.3 Å². The van der Waals surface area contributed by atoms with E-state index in [-0.39, 0.29) is 34.3 Å². The Morgan fingerprint density at radius 2 is 0.800 bits per heavy atom. The third-order valence-electron chi connectivity index (χ3n) is 6.93. The van der Waals surface area contributed by atoms with Gasteiger partial charge in [-0.05, 0) is 86.6 Å². The lowest BCUT2D eigenvalue weighted by Crippen LogP contribution is -2.47. The van der Waals surface area contributed by atoms with Crippen molar-refractivity contribution in [3.63, 3.8) is 0 Å². The third kappa shape index (κ3) is 15.6. The highest BCUT2D eigenvalue weighted by molar-refractivity contribution is 7.89. The normalized spacial score (nSPS) is 12.8. The second-order valence-electron chi connectivity index (χ2n) is 15.2. The molecule has 0 N–H and O–H groups in total. The molecule has 21 heteroatoms. The summed E-state index contributed by atoms with van der Waals surface area (Å²) in [6.07, 6.45) is 0. The van der Waals surface area contributed by atoms with Crippen molar-refractivity contribution in [1.82, 2.24) is 13.5 Å². The average Bonchev–Trinajstić information content (AvgIpc) is 3.01. The van der Waals surface area contributed by atoms with E-state index in [0.29, 0.717) is 0 Å². The highest BCUT2D eigenvalue weighted by atomic mass is 32.2. The van der Waals surface area contributed by atoms with Crippen LogP contribution < -0.4 is 0 Å². The van der Waals surface area contributed by atoms with Gasteiger partial charge in [0.15, 0.2) is 0 Å². The second kappa shape index (κ2) is 18.4. The van der Waals surface area contributed by atoms with E-state index < -0.39 is 97.3 Å². The standard InChI is InChI=1S/C34H49N5O14S2/c1-32(2,3)51-29(40)22-35(18-20-36(23-30(41)52-33(4,5)6)54(47,48)27-14-10-25(11-15-27)38(43)44)19-21-37(24-31(42)53-34(7,8)9)55(49,50)28-16-12-26(13-17-28)39(45)46/h10-17H,18-24H2,1-9H3. The number of non-ortho nitro benzene ring substituents is 2. The van der Waals surface area contributed by atoms with E-state index >= 15 is 0 Å². The zero-order valence-electron chi connectivity index (χ0n) is 32.3. The molecule has 0 radical (unpaired) electrons. The van der Waals surface area contributed by atoms with Gasteiger partial charge in [0.05, 0.1) is 26.2 Å². The van der Waals surface area contributed by atoms with Crippen LogP contribution >= 0.6 is 0 Å². The molecule has 0 saturated heterocycles. The molecule has 0 amide bonds. The van der Waals surface area contributed by atoms with Crippen molar-refractivity contribution < 1.29 is 55.3 Å². The molecule has 0 heterocycles. The number of esters is 3. The van der Waals surface area contributed by atoms with Crippen LogP contribution in [0.5, 0.6) is 0 Å². The average molecular weight is 816 g/mol. The molecule has 0 fully saturated rings. The molecule has 2 aromatic carbocycles. The molecular weight excluding hydrogens is 767 g/mol. The molecule has 0 aromatic heterocycles. The van der Waals surface area contributed by atoms with Gasteiger partial charge in [-0.15, -0.1) is 0 Å². The lowest BCUT2D eigenvalue weighted by molar-refractivity contribution is -0.385. The van der Waals surface area contributed by atoms with E-state index in [4.69, 9.17) is 14.2 Å². The highest BCUT2D eigenvalue weighted by Gasteiger charge is 2.33. The molecular formula is C34H49N5O14S2. The number of carbonyl (C=O) groups excluding carboxylic acids is 3. The highest BCUT2D eigenvalue weighted by Crippen LogP contribution is 2.23. The lowest BCUT2D eigenvalue weighted by Gasteiger charge is -2.30. The second-order valence-corrected chi connectivity index (χ2v) is 19.1. The van der Waals surface area contributed by atoms with Gasteiger partial charge >= 0.3 is 17.9 Å². The maximum atomic E-state index is 13.8. The van der Waals surface area contributed by atoms with Crippen molar-refractivity contribution in [1.29, 1.82) is 0 Å². The quantitative estimate of drug-likeness (QED) is 0.0905. The molecule has 0 aliphatic rings. The number of ether oxygens (including phenoxy) is 3. The summed E-state index contributed by atoms with van der Waals surface area (Å²) >= 11 is 0. The molecule has 0 aliphatic heterocycles. The molecule has 2 aromatic rings. The summed E-state index contributed by atoms with van der Waals surface area (Å²) < 4.78 is 73.1. The predicted octanol–water partition coefficient (Wildman–Crippen LogP) is 3.51. The maximum absolute atomic E-state index is 13.8. The van der Waals surface area contributed by atoms with Crippen molar-refractivity contribution >= 4 is 49.3 Å².